The van der Waals surface area contributed by atoms with Crippen LogP contribution < -0.4 is 0 Å². The van der Waals surface area contributed by atoms with Crippen molar-refractivity contribution in [2.45, 2.75) is 59.3 Å². The Kier molecular flexibility index (Phi) is 8.64. The fraction of sp³-hybridized carbons (Fsp3) is 0.833. The molecule has 0 amide bonds. The molecule has 0 rings (SSSR count). The number of hydrogen-bond acceptors (Lipinski definition) is 0. The normalized spacial score (nSPS) is 11.7. The van der Waals surface area contributed by atoms with E-state index in [1.807, 2.05) is 0 Å². The van der Waals surface area contributed by atoms with E-state index < -0.39 is 0 Å². The third-order valence-corrected chi connectivity index (χ3v) is 2.00. The van der Waals surface area contributed by atoms with Crippen LogP contribution in [0.1, 0.15) is 59.3 Å². The summed E-state index contributed by atoms with van der Waals surface area (Å²) in [5, 5.41) is 0. The van der Waals surface area contributed by atoms with Crippen molar-refractivity contribution in [2.75, 3.05) is 0 Å². The molecular formula is C12H24. The van der Waals surface area contributed by atoms with E-state index >= 15 is 0 Å². The first kappa shape index (κ1) is 11.7. The van der Waals surface area contributed by atoms with Gasteiger partial charge in [-0.3, -0.25) is 0 Å². The molecule has 0 unspecified atom stereocenters. The Balaban J connectivity index is 3.00. The molecule has 0 N–H and O–H groups in total. The fourth-order valence-electron chi connectivity index (χ4n) is 1.23. The predicted molar refractivity (Wildman–Crippen MR) is 57.4 cm³/mol. The van der Waals surface area contributed by atoms with Gasteiger partial charge >= 0.3 is 0 Å². The zero-order valence-corrected chi connectivity index (χ0v) is 8.97. The predicted octanol–water partition coefficient (Wildman–Crippen LogP) is 4.56. The van der Waals surface area contributed by atoms with Gasteiger partial charge in [0.1, 0.15) is 0 Å². The number of rotatable bonds is 7. The second kappa shape index (κ2) is 8.83. The maximum Gasteiger partial charge on any atom is -0.0290 e. The van der Waals surface area contributed by atoms with E-state index in [1.165, 1.54) is 38.5 Å². The molecule has 0 saturated heterocycles. The summed E-state index contributed by atoms with van der Waals surface area (Å²) in [4.78, 5) is 0. The van der Waals surface area contributed by atoms with Gasteiger partial charge in [-0.25, -0.2) is 0 Å². The van der Waals surface area contributed by atoms with E-state index in [0.717, 1.165) is 5.92 Å². The van der Waals surface area contributed by atoms with Crippen LogP contribution in [0, 0.1) is 5.92 Å². The van der Waals surface area contributed by atoms with Gasteiger partial charge in [0.05, 0.1) is 0 Å². The fourth-order valence-corrected chi connectivity index (χ4v) is 1.23. The molecule has 0 atom stereocenters. The number of unbranched alkanes of at least 4 members (excludes halogenated alkanes) is 5. The van der Waals surface area contributed by atoms with E-state index in [4.69, 9.17) is 0 Å². The topological polar surface area (TPSA) is 0 Å². The molecule has 0 aromatic rings. The van der Waals surface area contributed by atoms with E-state index in [2.05, 4.69) is 32.9 Å². The molecule has 0 heteroatoms. The Bertz CT molecular complexity index is 101. The summed E-state index contributed by atoms with van der Waals surface area (Å²) in [5.74, 6) is 0.723. The highest BCUT2D eigenvalue weighted by atomic mass is 13.9. The highest BCUT2D eigenvalue weighted by Gasteiger charge is 1.87. The minimum absolute atomic E-state index is 0.723. The first-order valence-electron chi connectivity index (χ1n) is 5.44. The SMILES string of the molecule is CCCCCCC/C=C/C(C)C. The van der Waals surface area contributed by atoms with Gasteiger partial charge in [0.15, 0.2) is 0 Å². The Hall–Kier alpha value is -0.260. The van der Waals surface area contributed by atoms with Crippen LogP contribution in [0.3, 0.4) is 0 Å². The van der Waals surface area contributed by atoms with Crippen LogP contribution in [0.4, 0.5) is 0 Å². The molecule has 72 valence electrons. The largest absolute Gasteiger partial charge is 0.0883 e. The standard InChI is InChI=1S/C12H24/c1-4-5-6-7-8-9-10-11-12(2)3/h10-12H,4-9H2,1-3H3/b11-10+. The highest BCUT2D eigenvalue weighted by molar-refractivity contribution is 4.83. The minimum atomic E-state index is 0.723. The Morgan fingerprint density at radius 3 is 2.25 bits per heavy atom. The van der Waals surface area contributed by atoms with Crippen molar-refractivity contribution in [1.82, 2.24) is 0 Å². The molecule has 0 nitrogen and oxygen atoms in total. The molecule has 0 saturated carbocycles. The molecule has 0 aliphatic heterocycles. The van der Waals surface area contributed by atoms with Crippen LogP contribution in [-0.2, 0) is 0 Å². The highest BCUT2D eigenvalue weighted by Crippen LogP contribution is 2.06. The molecule has 0 aromatic carbocycles. The Morgan fingerprint density at radius 2 is 1.67 bits per heavy atom. The van der Waals surface area contributed by atoms with Crippen molar-refractivity contribution >= 4 is 0 Å². The van der Waals surface area contributed by atoms with Gasteiger partial charge < -0.3 is 0 Å². The lowest BCUT2D eigenvalue weighted by molar-refractivity contribution is 0.636. The second-order valence-corrected chi connectivity index (χ2v) is 3.88. The van der Waals surface area contributed by atoms with Crippen molar-refractivity contribution in [3.8, 4) is 0 Å². The summed E-state index contributed by atoms with van der Waals surface area (Å²) in [6.45, 7) is 6.72. The summed E-state index contributed by atoms with van der Waals surface area (Å²) in [6, 6.07) is 0. The van der Waals surface area contributed by atoms with E-state index in [1.54, 1.807) is 0 Å². The molecule has 0 radical (unpaired) electrons. The quantitative estimate of drug-likeness (QED) is 0.386. The zero-order chi connectivity index (χ0) is 9.23. The van der Waals surface area contributed by atoms with E-state index in [-0.39, 0.29) is 0 Å². The molecule has 0 bridgehead atoms. The minimum Gasteiger partial charge on any atom is -0.0883 e. The van der Waals surface area contributed by atoms with Gasteiger partial charge in [0, 0.05) is 0 Å². The molecule has 12 heavy (non-hydrogen) atoms. The smallest absolute Gasteiger partial charge is 0.0290 e. The van der Waals surface area contributed by atoms with Gasteiger partial charge in [-0.2, -0.15) is 0 Å². The molecule has 0 aliphatic carbocycles. The summed E-state index contributed by atoms with van der Waals surface area (Å²) in [7, 11) is 0. The van der Waals surface area contributed by atoms with E-state index in [9.17, 15) is 0 Å². The van der Waals surface area contributed by atoms with Crippen LogP contribution >= 0.6 is 0 Å². The van der Waals surface area contributed by atoms with Gasteiger partial charge in [0.2, 0.25) is 0 Å². The molecule has 0 aliphatic rings. The van der Waals surface area contributed by atoms with Gasteiger partial charge in [-0.15, -0.1) is 0 Å². The summed E-state index contributed by atoms with van der Waals surface area (Å²) in [6.07, 6.45) is 12.9. The lowest BCUT2D eigenvalue weighted by Gasteiger charge is -1.97. The number of allylic oxidation sites excluding steroid dienone is 2. The van der Waals surface area contributed by atoms with Gasteiger partial charge in [-0.1, -0.05) is 58.6 Å². The molecular weight excluding hydrogens is 144 g/mol. The van der Waals surface area contributed by atoms with Crippen molar-refractivity contribution < 1.29 is 0 Å². The third kappa shape index (κ3) is 9.74. The summed E-state index contributed by atoms with van der Waals surface area (Å²) >= 11 is 0. The second-order valence-electron chi connectivity index (χ2n) is 3.88. The van der Waals surface area contributed by atoms with Crippen LogP contribution in [-0.4, -0.2) is 0 Å². The Labute approximate surface area is 78.1 Å². The first-order chi connectivity index (χ1) is 5.77. The lowest BCUT2D eigenvalue weighted by Crippen LogP contribution is -1.79. The molecule has 0 aromatic heterocycles. The molecule has 0 spiro atoms. The maximum absolute atomic E-state index is 2.33. The van der Waals surface area contributed by atoms with Gasteiger partial charge in [-0.05, 0) is 18.8 Å². The molecule has 0 fully saturated rings. The number of hydrogen-bond donors (Lipinski definition) is 0. The Morgan fingerprint density at radius 1 is 1.00 bits per heavy atom. The van der Waals surface area contributed by atoms with Crippen LogP contribution in [0.2, 0.25) is 0 Å². The van der Waals surface area contributed by atoms with Crippen molar-refractivity contribution in [3.05, 3.63) is 12.2 Å². The van der Waals surface area contributed by atoms with Gasteiger partial charge in [0.25, 0.3) is 0 Å². The maximum atomic E-state index is 2.33. The van der Waals surface area contributed by atoms with Crippen LogP contribution in [0.15, 0.2) is 12.2 Å². The van der Waals surface area contributed by atoms with Crippen molar-refractivity contribution in [1.29, 1.82) is 0 Å². The average Bonchev–Trinajstić information content (AvgIpc) is 2.02. The summed E-state index contributed by atoms with van der Waals surface area (Å²) < 4.78 is 0. The lowest BCUT2D eigenvalue weighted by atomic mass is 10.1. The average molecular weight is 168 g/mol. The van der Waals surface area contributed by atoms with Crippen LogP contribution in [0.25, 0.3) is 0 Å². The van der Waals surface area contributed by atoms with Crippen molar-refractivity contribution in [3.63, 3.8) is 0 Å². The zero-order valence-electron chi connectivity index (χ0n) is 8.97. The van der Waals surface area contributed by atoms with Crippen molar-refractivity contribution in [2.24, 2.45) is 5.92 Å². The van der Waals surface area contributed by atoms with Crippen LogP contribution in [0.5, 0.6) is 0 Å². The first-order valence-corrected chi connectivity index (χ1v) is 5.44. The molecule has 0 heterocycles. The third-order valence-electron chi connectivity index (χ3n) is 2.00. The summed E-state index contributed by atoms with van der Waals surface area (Å²) in [5.41, 5.74) is 0. The van der Waals surface area contributed by atoms with E-state index in [0.29, 0.717) is 0 Å². The monoisotopic (exact) mass is 168 g/mol.